The average Bonchev–Trinajstić information content (AvgIpc) is 3.53. The summed E-state index contributed by atoms with van der Waals surface area (Å²) in [6.07, 6.45) is 13.4. The zero-order valence-corrected chi connectivity index (χ0v) is 20.1. The number of H-pyrrole nitrogens is 2. The standard InChI is InChI=1S/C27H27N5S/c1-6-9-10-21(25-12-11-17(4)33-25)22-14-24(30-18(22)5)26-23-13-20(16-29-27(23)32-31-26)19(7-2)15-28-8-3/h6-16,30H,3H2,1-2,4-5H3,(H,29,31,32)/b9-6-,19-7+,21-10+,28-15?. The lowest BCUT2D eigenvalue weighted by Crippen LogP contribution is -1.88. The van der Waals surface area contributed by atoms with E-state index >= 15 is 0 Å². The monoisotopic (exact) mass is 453 g/mol. The smallest absolute Gasteiger partial charge is 0.181 e. The normalized spacial score (nSPS) is 13.1. The third-order valence-electron chi connectivity index (χ3n) is 5.41. The Labute approximate surface area is 198 Å². The molecule has 0 aliphatic rings. The maximum atomic E-state index is 4.56. The molecule has 0 atom stereocenters. The number of aliphatic imine (C=N–C) groups is 1. The molecule has 0 saturated heterocycles. The summed E-state index contributed by atoms with van der Waals surface area (Å²) in [6.45, 7) is 11.9. The first kappa shape index (κ1) is 22.4. The molecular weight excluding hydrogens is 426 g/mol. The minimum absolute atomic E-state index is 0.678. The summed E-state index contributed by atoms with van der Waals surface area (Å²) in [7, 11) is 0. The molecule has 2 N–H and O–H groups in total. The molecule has 0 aliphatic heterocycles. The third kappa shape index (κ3) is 4.56. The molecule has 0 aliphatic carbocycles. The van der Waals surface area contributed by atoms with Crippen LogP contribution in [0.5, 0.6) is 0 Å². The van der Waals surface area contributed by atoms with Crippen molar-refractivity contribution in [3.8, 4) is 11.4 Å². The Morgan fingerprint density at radius 1 is 1.18 bits per heavy atom. The zero-order valence-electron chi connectivity index (χ0n) is 19.3. The van der Waals surface area contributed by atoms with Crippen LogP contribution >= 0.6 is 11.3 Å². The zero-order chi connectivity index (χ0) is 23.4. The van der Waals surface area contributed by atoms with Gasteiger partial charge >= 0.3 is 0 Å². The fraction of sp³-hybridized carbons (Fsp3) is 0.148. The van der Waals surface area contributed by atoms with Crippen molar-refractivity contribution in [2.45, 2.75) is 27.7 Å². The van der Waals surface area contributed by atoms with Crippen LogP contribution in [-0.2, 0) is 0 Å². The number of aryl methyl sites for hydroxylation is 2. The second kappa shape index (κ2) is 9.79. The van der Waals surface area contributed by atoms with Gasteiger partial charge < -0.3 is 4.98 Å². The van der Waals surface area contributed by atoms with Crippen molar-refractivity contribution >= 4 is 39.7 Å². The lowest BCUT2D eigenvalue weighted by molar-refractivity contribution is 1.09. The summed E-state index contributed by atoms with van der Waals surface area (Å²) in [5, 5.41) is 8.57. The molecule has 5 nitrogen and oxygen atoms in total. The van der Waals surface area contributed by atoms with Gasteiger partial charge in [0.1, 0.15) is 0 Å². The minimum Gasteiger partial charge on any atom is -0.357 e. The van der Waals surface area contributed by atoms with Crippen LogP contribution in [0.2, 0.25) is 0 Å². The molecule has 0 radical (unpaired) electrons. The highest BCUT2D eigenvalue weighted by Crippen LogP contribution is 2.35. The van der Waals surface area contributed by atoms with Crippen molar-refractivity contribution in [3.05, 3.63) is 94.1 Å². The Kier molecular flexibility index (Phi) is 6.66. The van der Waals surface area contributed by atoms with Crippen LogP contribution in [0.25, 0.3) is 33.6 Å². The molecule has 0 unspecified atom stereocenters. The molecule has 0 saturated carbocycles. The Hall–Kier alpha value is -3.77. The van der Waals surface area contributed by atoms with E-state index in [9.17, 15) is 0 Å². The van der Waals surface area contributed by atoms with Crippen molar-refractivity contribution in [2.75, 3.05) is 0 Å². The molecule has 166 valence electrons. The second-order valence-electron chi connectivity index (χ2n) is 7.64. The first-order valence-corrected chi connectivity index (χ1v) is 11.6. The Bertz CT molecular complexity index is 1420. The van der Waals surface area contributed by atoms with Gasteiger partial charge in [-0.25, -0.2) is 4.98 Å². The molecule has 0 amide bonds. The van der Waals surface area contributed by atoms with E-state index in [1.807, 2.05) is 32.2 Å². The number of hydrogen-bond donors (Lipinski definition) is 2. The number of fused-ring (bicyclic) bond motifs is 1. The molecule has 0 aromatic carbocycles. The maximum absolute atomic E-state index is 4.56. The highest BCUT2D eigenvalue weighted by atomic mass is 32.1. The van der Waals surface area contributed by atoms with Gasteiger partial charge in [-0.1, -0.05) is 30.9 Å². The molecule has 0 spiro atoms. The number of aromatic amines is 2. The summed E-state index contributed by atoms with van der Waals surface area (Å²) in [6, 6.07) is 8.64. The van der Waals surface area contributed by atoms with Crippen molar-refractivity contribution in [3.63, 3.8) is 0 Å². The van der Waals surface area contributed by atoms with E-state index in [0.717, 1.165) is 33.6 Å². The molecule has 0 bridgehead atoms. The topological polar surface area (TPSA) is 69.7 Å². The maximum Gasteiger partial charge on any atom is 0.181 e. The minimum atomic E-state index is 0.678. The predicted octanol–water partition coefficient (Wildman–Crippen LogP) is 7.26. The summed E-state index contributed by atoms with van der Waals surface area (Å²) in [4.78, 5) is 14.8. The van der Waals surface area contributed by atoms with Crippen molar-refractivity contribution in [1.29, 1.82) is 0 Å². The van der Waals surface area contributed by atoms with E-state index in [1.54, 1.807) is 17.6 Å². The Morgan fingerprint density at radius 2 is 2.03 bits per heavy atom. The number of pyridine rings is 1. The summed E-state index contributed by atoms with van der Waals surface area (Å²) in [5.74, 6) is 0. The van der Waals surface area contributed by atoms with Gasteiger partial charge in [0, 0.05) is 56.1 Å². The first-order valence-electron chi connectivity index (χ1n) is 10.8. The lowest BCUT2D eigenvalue weighted by Gasteiger charge is -2.04. The number of nitrogens with zero attached hydrogens (tertiary/aromatic N) is 3. The van der Waals surface area contributed by atoms with Gasteiger partial charge in [0.25, 0.3) is 0 Å². The van der Waals surface area contributed by atoms with Gasteiger partial charge in [-0.05, 0) is 57.5 Å². The van der Waals surface area contributed by atoms with Gasteiger partial charge in [-0.3, -0.25) is 10.1 Å². The highest BCUT2D eigenvalue weighted by molar-refractivity contribution is 7.13. The molecule has 4 rings (SSSR count). The van der Waals surface area contributed by atoms with Gasteiger partial charge in [-0.2, -0.15) is 5.10 Å². The average molecular weight is 454 g/mol. The molecular formula is C27H27N5S. The number of rotatable bonds is 7. The second-order valence-corrected chi connectivity index (χ2v) is 8.92. The fourth-order valence-electron chi connectivity index (χ4n) is 3.76. The van der Waals surface area contributed by atoms with E-state index < -0.39 is 0 Å². The largest absolute Gasteiger partial charge is 0.357 e. The number of nitrogens with one attached hydrogen (secondary N) is 2. The van der Waals surface area contributed by atoms with E-state index in [1.165, 1.54) is 27.1 Å². The molecule has 4 aromatic heterocycles. The lowest BCUT2D eigenvalue weighted by atomic mass is 10.0. The van der Waals surface area contributed by atoms with E-state index in [4.69, 9.17) is 0 Å². The van der Waals surface area contributed by atoms with E-state index in [0.29, 0.717) is 5.65 Å². The summed E-state index contributed by atoms with van der Waals surface area (Å²) in [5.41, 5.74) is 8.00. The fourth-order valence-corrected chi connectivity index (χ4v) is 4.67. The molecule has 6 heteroatoms. The summed E-state index contributed by atoms with van der Waals surface area (Å²) < 4.78 is 0. The summed E-state index contributed by atoms with van der Waals surface area (Å²) >= 11 is 1.80. The van der Waals surface area contributed by atoms with E-state index in [2.05, 4.69) is 82.0 Å². The molecule has 0 fully saturated rings. The van der Waals surface area contributed by atoms with Crippen molar-refractivity contribution in [1.82, 2.24) is 20.2 Å². The first-order chi connectivity index (χ1) is 16.0. The molecule has 4 aromatic rings. The number of aromatic nitrogens is 4. The van der Waals surface area contributed by atoms with E-state index in [-0.39, 0.29) is 0 Å². The molecule has 4 heterocycles. The molecule has 33 heavy (non-hydrogen) atoms. The number of thiophene rings is 1. The Balaban J connectivity index is 1.81. The quantitative estimate of drug-likeness (QED) is 0.228. The number of allylic oxidation sites excluding steroid dienone is 5. The predicted molar refractivity (Wildman–Crippen MR) is 142 cm³/mol. The van der Waals surface area contributed by atoms with Crippen LogP contribution < -0.4 is 0 Å². The van der Waals surface area contributed by atoms with Crippen LogP contribution in [0.1, 0.15) is 40.4 Å². The van der Waals surface area contributed by atoms with Crippen LogP contribution in [0.3, 0.4) is 0 Å². The van der Waals surface area contributed by atoms with Crippen LogP contribution in [0.4, 0.5) is 0 Å². The van der Waals surface area contributed by atoms with Crippen molar-refractivity contribution < 1.29 is 0 Å². The van der Waals surface area contributed by atoms with Crippen LogP contribution in [0.15, 0.2) is 72.5 Å². The van der Waals surface area contributed by atoms with Gasteiger partial charge in [-0.15, -0.1) is 11.3 Å². The Morgan fingerprint density at radius 3 is 2.73 bits per heavy atom. The van der Waals surface area contributed by atoms with Crippen LogP contribution in [0, 0.1) is 13.8 Å². The van der Waals surface area contributed by atoms with Crippen molar-refractivity contribution in [2.24, 2.45) is 4.99 Å². The van der Waals surface area contributed by atoms with Gasteiger partial charge in [0.05, 0.1) is 11.4 Å². The number of hydrogen-bond acceptors (Lipinski definition) is 4. The third-order valence-corrected chi connectivity index (χ3v) is 6.44. The highest BCUT2D eigenvalue weighted by Gasteiger charge is 2.17. The van der Waals surface area contributed by atoms with Gasteiger partial charge in [0.15, 0.2) is 5.65 Å². The van der Waals surface area contributed by atoms with Gasteiger partial charge in [0.2, 0.25) is 0 Å². The SMILES string of the molecule is C=CN=C/C(=C\C)c1cnc2n[nH]c(-c3cc(/C(=C\C=C/C)c4ccc(C)s4)c(C)[nH]3)c2c1. The van der Waals surface area contributed by atoms with Crippen LogP contribution in [-0.4, -0.2) is 26.4 Å².